The summed E-state index contributed by atoms with van der Waals surface area (Å²) in [5, 5.41) is 5.42. The molecular formula is C20H25N3O2. The number of hydrogen-bond acceptors (Lipinski definition) is 4. The van der Waals surface area contributed by atoms with E-state index in [9.17, 15) is 4.79 Å². The molecule has 0 bridgehead atoms. The molecule has 25 heavy (non-hydrogen) atoms. The molecule has 1 aromatic heterocycles. The van der Waals surface area contributed by atoms with Gasteiger partial charge in [-0.15, -0.1) is 0 Å². The summed E-state index contributed by atoms with van der Waals surface area (Å²) in [7, 11) is 2.09. The number of pyridine rings is 1. The zero-order valence-electron chi connectivity index (χ0n) is 14.9. The van der Waals surface area contributed by atoms with Gasteiger partial charge in [-0.05, 0) is 38.3 Å². The van der Waals surface area contributed by atoms with Gasteiger partial charge in [0, 0.05) is 24.7 Å². The molecule has 2 fully saturated rings. The van der Waals surface area contributed by atoms with Gasteiger partial charge in [0.2, 0.25) is 5.91 Å². The van der Waals surface area contributed by atoms with Crippen LogP contribution in [0.3, 0.4) is 0 Å². The number of fused-ring (bicyclic) bond motifs is 1. The third kappa shape index (κ3) is 3.02. The van der Waals surface area contributed by atoms with E-state index in [0.29, 0.717) is 0 Å². The van der Waals surface area contributed by atoms with Crippen LogP contribution in [0.4, 0.5) is 0 Å². The number of rotatable bonds is 4. The number of likely N-dealkylation sites (N-methyl/N-ethyl adjacent to an activating group) is 1. The molecule has 1 aliphatic heterocycles. The van der Waals surface area contributed by atoms with E-state index in [1.54, 1.807) is 0 Å². The fourth-order valence-electron chi connectivity index (χ4n) is 3.75. The molecule has 1 saturated carbocycles. The van der Waals surface area contributed by atoms with Gasteiger partial charge in [-0.25, -0.2) is 0 Å². The highest BCUT2D eigenvalue weighted by atomic mass is 16.5. The maximum absolute atomic E-state index is 13.1. The lowest BCUT2D eigenvalue weighted by Crippen LogP contribution is -2.53. The molecule has 132 valence electrons. The van der Waals surface area contributed by atoms with E-state index in [0.717, 1.165) is 49.0 Å². The quantitative estimate of drug-likeness (QED) is 0.927. The Morgan fingerprint density at radius 1 is 1.36 bits per heavy atom. The van der Waals surface area contributed by atoms with Gasteiger partial charge in [-0.1, -0.05) is 24.3 Å². The number of benzene rings is 1. The Labute approximate surface area is 148 Å². The second-order valence-electron chi connectivity index (χ2n) is 7.40. The van der Waals surface area contributed by atoms with Crippen LogP contribution >= 0.6 is 0 Å². The van der Waals surface area contributed by atoms with Crippen molar-refractivity contribution in [3.8, 4) is 0 Å². The molecule has 1 aliphatic carbocycles. The highest BCUT2D eigenvalue weighted by Gasteiger charge is 2.53. The zero-order valence-corrected chi connectivity index (χ0v) is 14.9. The van der Waals surface area contributed by atoms with Crippen molar-refractivity contribution >= 4 is 16.7 Å². The monoisotopic (exact) mass is 339 g/mol. The fourth-order valence-corrected chi connectivity index (χ4v) is 3.75. The lowest BCUT2D eigenvalue weighted by Gasteiger charge is -2.34. The first-order valence-corrected chi connectivity index (χ1v) is 9.05. The third-order valence-corrected chi connectivity index (χ3v) is 5.52. The highest BCUT2D eigenvalue weighted by molar-refractivity contribution is 5.97. The molecule has 2 aliphatic rings. The van der Waals surface area contributed by atoms with Crippen LogP contribution in [0.2, 0.25) is 0 Å². The number of carbonyl (C=O) groups excluding carboxylic acids is 1. The van der Waals surface area contributed by atoms with Crippen LogP contribution in [0.1, 0.15) is 25.5 Å². The molecular weight excluding hydrogens is 314 g/mol. The van der Waals surface area contributed by atoms with Crippen molar-refractivity contribution in [2.75, 3.05) is 26.7 Å². The van der Waals surface area contributed by atoms with Crippen molar-refractivity contribution in [2.45, 2.75) is 37.3 Å². The number of ether oxygens (including phenoxy) is 1. The van der Waals surface area contributed by atoms with Crippen molar-refractivity contribution in [1.29, 1.82) is 0 Å². The zero-order chi connectivity index (χ0) is 17.4. The van der Waals surface area contributed by atoms with Gasteiger partial charge in [-0.2, -0.15) is 0 Å². The average Bonchev–Trinajstić information content (AvgIpc) is 3.43. The Hall–Kier alpha value is -1.98. The second kappa shape index (κ2) is 6.39. The van der Waals surface area contributed by atoms with Crippen LogP contribution in [0.25, 0.3) is 10.8 Å². The van der Waals surface area contributed by atoms with Gasteiger partial charge >= 0.3 is 0 Å². The minimum Gasteiger partial charge on any atom is -0.373 e. The predicted molar refractivity (Wildman–Crippen MR) is 97.5 cm³/mol. The Morgan fingerprint density at radius 3 is 2.92 bits per heavy atom. The number of morpholine rings is 1. The molecule has 1 N–H and O–H groups in total. The van der Waals surface area contributed by atoms with Crippen molar-refractivity contribution < 1.29 is 9.53 Å². The minimum absolute atomic E-state index is 0.0114. The first kappa shape index (κ1) is 16.5. The van der Waals surface area contributed by atoms with Gasteiger partial charge in [0.15, 0.2) is 0 Å². The van der Waals surface area contributed by atoms with E-state index in [1.807, 2.05) is 31.3 Å². The van der Waals surface area contributed by atoms with Crippen LogP contribution in [0.15, 0.2) is 36.5 Å². The molecule has 0 spiro atoms. The SMILES string of the molecule is CC(NC(=O)C1(c2nccc3ccccc23)CC1)C1CN(C)CCO1. The number of nitrogens with one attached hydrogen (secondary N) is 1. The molecule has 2 unspecified atom stereocenters. The smallest absolute Gasteiger partial charge is 0.232 e. The van der Waals surface area contributed by atoms with Crippen molar-refractivity contribution in [3.05, 3.63) is 42.2 Å². The molecule has 2 heterocycles. The molecule has 2 aromatic rings. The van der Waals surface area contributed by atoms with Crippen LogP contribution in [-0.4, -0.2) is 54.7 Å². The fraction of sp³-hybridized carbons (Fsp3) is 0.500. The predicted octanol–water partition coefficient (Wildman–Crippen LogP) is 2.10. The summed E-state index contributed by atoms with van der Waals surface area (Å²) in [6.07, 6.45) is 3.57. The van der Waals surface area contributed by atoms with Crippen LogP contribution < -0.4 is 5.32 Å². The molecule has 5 heteroatoms. The normalized spacial score (nSPS) is 24.0. The lowest BCUT2D eigenvalue weighted by molar-refractivity contribution is -0.126. The van der Waals surface area contributed by atoms with E-state index in [-0.39, 0.29) is 18.1 Å². The number of nitrogens with zero attached hydrogens (tertiary/aromatic N) is 2. The topological polar surface area (TPSA) is 54.5 Å². The van der Waals surface area contributed by atoms with E-state index in [2.05, 4.69) is 34.4 Å². The minimum atomic E-state index is -0.476. The Kier molecular flexibility index (Phi) is 4.21. The van der Waals surface area contributed by atoms with Crippen molar-refractivity contribution in [3.63, 3.8) is 0 Å². The number of carbonyl (C=O) groups is 1. The summed E-state index contributed by atoms with van der Waals surface area (Å²) in [4.78, 5) is 19.9. The van der Waals surface area contributed by atoms with Crippen molar-refractivity contribution in [1.82, 2.24) is 15.2 Å². The Morgan fingerprint density at radius 2 is 2.16 bits per heavy atom. The average molecular weight is 339 g/mol. The maximum Gasteiger partial charge on any atom is 0.232 e. The summed E-state index contributed by atoms with van der Waals surface area (Å²) in [6, 6.07) is 10.2. The number of hydrogen-bond donors (Lipinski definition) is 1. The van der Waals surface area contributed by atoms with Crippen LogP contribution in [0, 0.1) is 0 Å². The molecule has 2 atom stereocenters. The van der Waals surface area contributed by atoms with E-state index >= 15 is 0 Å². The first-order chi connectivity index (χ1) is 12.1. The number of amides is 1. The summed E-state index contributed by atoms with van der Waals surface area (Å²) in [5.41, 5.74) is 0.437. The molecule has 0 radical (unpaired) electrons. The van der Waals surface area contributed by atoms with Gasteiger partial charge in [0.1, 0.15) is 0 Å². The largest absolute Gasteiger partial charge is 0.373 e. The summed E-state index contributed by atoms with van der Waals surface area (Å²) in [5.74, 6) is 0.0840. The highest BCUT2D eigenvalue weighted by Crippen LogP contribution is 2.49. The van der Waals surface area contributed by atoms with Gasteiger partial charge in [0.05, 0.1) is 29.9 Å². The van der Waals surface area contributed by atoms with Gasteiger partial charge in [-0.3, -0.25) is 9.78 Å². The molecule has 1 saturated heterocycles. The summed E-state index contributed by atoms with van der Waals surface area (Å²) >= 11 is 0. The Balaban J connectivity index is 1.55. The third-order valence-electron chi connectivity index (χ3n) is 5.52. The first-order valence-electron chi connectivity index (χ1n) is 9.05. The Bertz CT molecular complexity index is 782. The van der Waals surface area contributed by atoms with Crippen molar-refractivity contribution in [2.24, 2.45) is 0 Å². The molecule has 5 nitrogen and oxygen atoms in total. The maximum atomic E-state index is 13.1. The van der Waals surface area contributed by atoms with Gasteiger partial charge < -0.3 is 15.0 Å². The van der Waals surface area contributed by atoms with E-state index in [4.69, 9.17) is 4.74 Å². The summed E-state index contributed by atoms with van der Waals surface area (Å²) in [6.45, 7) is 4.55. The van der Waals surface area contributed by atoms with E-state index in [1.165, 1.54) is 0 Å². The van der Waals surface area contributed by atoms with Gasteiger partial charge in [0.25, 0.3) is 0 Å². The van der Waals surface area contributed by atoms with Crippen LogP contribution in [-0.2, 0) is 14.9 Å². The van der Waals surface area contributed by atoms with Crippen LogP contribution in [0.5, 0.6) is 0 Å². The number of aromatic nitrogens is 1. The molecule has 1 aromatic carbocycles. The van der Waals surface area contributed by atoms with E-state index < -0.39 is 5.41 Å². The second-order valence-corrected chi connectivity index (χ2v) is 7.40. The molecule has 4 rings (SSSR count). The molecule has 1 amide bonds. The lowest BCUT2D eigenvalue weighted by atomic mass is 9.94. The summed E-state index contributed by atoms with van der Waals surface area (Å²) < 4.78 is 5.85. The standard InChI is InChI=1S/C20H25N3O2/c1-14(17-13-23(2)11-12-25-17)22-19(24)20(8-9-20)18-16-6-4-3-5-15(16)7-10-21-18/h3-7,10,14,17H,8-9,11-13H2,1-2H3,(H,22,24).